The largest absolute Gasteiger partial charge is 0.370 e. The van der Waals surface area contributed by atoms with Crippen LogP contribution in [0.1, 0.15) is 27.0 Å². The van der Waals surface area contributed by atoms with Gasteiger partial charge in [-0.15, -0.1) is 0 Å². The molecule has 0 aromatic heterocycles. The number of ketones is 1. The molecule has 28 heavy (non-hydrogen) atoms. The van der Waals surface area contributed by atoms with Crippen LogP contribution in [0.25, 0.3) is 6.08 Å². The normalized spacial score (nSPS) is 14.4. The molecule has 0 aliphatic carbocycles. The van der Waals surface area contributed by atoms with E-state index in [0.717, 1.165) is 28.0 Å². The summed E-state index contributed by atoms with van der Waals surface area (Å²) in [6.45, 7) is 0.611. The van der Waals surface area contributed by atoms with E-state index in [1.54, 1.807) is 0 Å². The molecule has 1 heterocycles. The molecule has 0 saturated carbocycles. The number of likely N-dealkylation sites (N-methyl/N-ethyl adjacent to an activating group) is 1. The van der Waals surface area contributed by atoms with Crippen molar-refractivity contribution in [1.29, 1.82) is 0 Å². The fourth-order valence-corrected chi connectivity index (χ4v) is 3.42. The predicted octanol–water partition coefficient (Wildman–Crippen LogP) is 5.00. The van der Waals surface area contributed by atoms with Crippen molar-refractivity contribution in [3.05, 3.63) is 107 Å². The SMILES string of the molecule is CN1C/C(=C\c2ccccc2)C(=O)c2cc(C#CCc3ccccc3)ccc21. The summed E-state index contributed by atoms with van der Waals surface area (Å²) in [4.78, 5) is 15.2. The van der Waals surface area contributed by atoms with E-state index in [9.17, 15) is 4.79 Å². The summed E-state index contributed by atoms with van der Waals surface area (Å²) in [5.74, 6) is 6.50. The summed E-state index contributed by atoms with van der Waals surface area (Å²) in [7, 11) is 2.02. The van der Waals surface area contributed by atoms with Crippen LogP contribution in [0.15, 0.2) is 84.4 Å². The molecule has 2 heteroatoms. The maximum absolute atomic E-state index is 13.1. The van der Waals surface area contributed by atoms with Crippen LogP contribution in [0.2, 0.25) is 0 Å². The summed E-state index contributed by atoms with van der Waals surface area (Å²) >= 11 is 0. The van der Waals surface area contributed by atoms with Gasteiger partial charge in [-0.05, 0) is 35.4 Å². The van der Waals surface area contributed by atoms with E-state index in [-0.39, 0.29) is 5.78 Å². The first-order valence-corrected chi connectivity index (χ1v) is 9.39. The van der Waals surface area contributed by atoms with Crippen LogP contribution in [0.4, 0.5) is 5.69 Å². The summed E-state index contributed by atoms with van der Waals surface area (Å²) in [5.41, 5.74) is 5.60. The first-order chi connectivity index (χ1) is 13.7. The molecule has 0 atom stereocenters. The zero-order valence-electron chi connectivity index (χ0n) is 15.9. The molecular formula is C26H21NO. The van der Waals surface area contributed by atoms with Crippen LogP contribution in [0.3, 0.4) is 0 Å². The van der Waals surface area contributed by atoms with Gasteiger partial charge < -0.3 is 4.90 Å². The van der Waals surface area contributed by atoms with Gasteiger partial charge in [-0.1, -0.05) is 72.5 Å². The number of hydrogen-bond donors (Lipinski definition) is 0. The Kier molecular flexibility index (Phi) is 5.08. The van der Waals surface area contributed by atoms with E-state index >= 15 is 0 Å². The Hall–Kier alpha value is -3.57. The Morgan fingerprint density at radius 3 is 2.43 bits per heavy atom. The van der Waals surface area contributed by atoms with Crippen molar-refractivity contribution in [3.63, 3.8) is 0 Å². The lowest BCUT2D eigenvalue weighted by molar-refractivity contribution is 0.103. The van der Waals surface area contributed by atoms with Crippen molar-refractivity contribution in [2.24, 2.45) is 0 Å². The number of fused-ring (bicyclic) bond motifs is 1. The highest BCUT2D eigenvalue weighted by molar-refractivity contribution is 6.16. The Balaban J connectivity index is 1.61. The van der Waals surface area contributed by atoms with E-state index in [2.05, 4.69) is 28.9 Å². The van der Waals surface area contributed by atoms with Gasteiger partial charge >= 0.3 is 0 Å². The lowest BCUT2D eigenvalue weighted by Crippen LogP contribution is -2.30. The maximum Gasteiger partial charge on any atom is 0.192 e. The van der Waals surface area contributed by atoms with Crippen LogP contribution in [-0.2, 0) is 6.42 Å². The molecule has 3 aromatic rings. The highest BCUT2D eigenvalue weighted by Gasteiger charge is 2.25. The summed E-state index contributed by atoms with van der Waals surface area (Å²) in [5, 5.41) is 0. The minimum absolute atomic E-state index is 0.0867. The van der Waals surface area contributed by atoms with Gasteiger partial charge in [-0.3, -0.25) is 4.79 Å². The molecule has 0 amide bonds. The fourth-order valence-electron chi connectivity index (χ4n) is 3.42. The zero-order valence-corrected chi connectivity index (χ0v) is 15.9. The van der Waals surface area contributed by atoms with E-state index in [4.69, 9.17) is 0 Å². The topological polar surface area (TPSA) is 20.3 Å². The Bertz CT molecular complexity index is 1090. The van der Waals surface area contributed by atoms with Gasteiger partial charge in [0, 0.05) is 42.4 Å². The maximum atomic E-state index is 13.1. The molecule has 0 radical (unpaired) electrons. The van der Waals surface area contributed by atoms with Crippen LogP contribution in [0.5, 0.6) is 0 Å². The van der Waals surface area contributed by atoms with Crippen LogP contribution < -0.4 is 4.90 Å². The molecule has 4 rings (SSSR count). The number of anilines is 1. The first kappa shape index (κ1) is 17.8. The van der Waals surface area contributed by atoms with Gasteiger partial charge in [0.1, 0.15) is 0 Å². The second-order valence-electron chi connectivity index (χ2n) is 6.96. The molecule has 2 nitrogen and oxygen atoms in total. The Morgan fingerprint density at radius 2 is 1.68 bits per heavy atom. The summed E-state index contributed by atoms with van der Waals surface area (Å²) < 4.78 is 0. The Morgan fingerprint density at radius 1 is 0.964 bits per heavy atom. The average Bonchev–Trinajstić information content (AvgIpc) is 2.73. The van der Waals surface area contributed by atoms with Crippen LogP contribution >= 0.6 is 0 Å². The minimum Gasteiger partial charge on any atom is -0.370 e. The molecule has 136 valence electrons. The van der Waals surface area contributed by atoms with E-state index in [1.807, 2.05) is 79.9 Å². The van der Waals surface area contributed by atoms with Crippen molar-refractivity contribution in [3.8, 4) is 11.8 Å². The lowest BCUT2D eigenvalue weighted by Gasteiger charge is -2.28. The smallest absolute Gasteiger partial charge is 0.192 e. The second-order valence-corrected chi connectivity index (χ2v) is 6.96. The van der Waals surface area contributed by atoms with Gasteiger partial charge in [0.2, 0.25) is 0 Å². The van der Waals surface area contributed by atoms with E-state index in [0.29, 0.717) is 13.0 Å². The van der Waals surface area contributed by atoms with E-state index < -0.39 is 0 Å². The minimum atomic E-state index is 0.0867. The van der Waals surface area contributed by atoms with Gasteiger partial charge in [0.15, 0.2) is 5.78 Å². The second kappa shape index (κ2) is 7.98. The molecular weight excluding hydrogens is 342 g/mol. The number of hydrogen-bond acceptors (Lipinski definition) is 2. The monoisotopic (exact) mass is 363 g/mol. The van der Waals surface area contributed by atoms with Crippen molar-refractivity contribution >= 4 is 17.5 Å². The van der Waals surface area contributed by atoms with Crippen LogP contribution in [0, 0.1) is 11.8 Å². The third-order valence-corrected chi connectivity index (χ3v) is 4.86. The number of nitrogens with zero attached hydrogens (tertiary/aromatic N) is 1. The van der Waals surface area contributed by atoms with Gasteiger partial charge in [0.05, 0.1) is 0 Å². The quantitative estimate of drug-likeness (QED) is 0.472. The van der Waals surface area contributed by atoms with E-state index in [1.165, 1.54) is 5.56 Å². The molecule has 0 saturated heterocycles. The molecule has 0 N–H and O–H groups in total. The van der Waals surface area contributed by atoms with Crippen molar-refractivity contribution < 1.29 is 4.79 Å². The molecule has 0 spiro atoms. The van der Waals surface area contributed by atoms with Crippen LogP contribution in [-0.4, -0.2) is 19.4 Å². The molecule has 3 aromatic carbocycles. The summed E-state index contributed by atoms with van der Waals surface area (Å²) in [6, 6.07) is 26.1. The number of carbonyl (C=O) groups excluding carboxylic acids is 1. The van der Waals surface area contributed by atoms with Crippen molar-refractivity contribution in [2.45, 2.75) is 6.42 Å². The third-order valence-electron chi connectivity index (χ3n) is 4.86. The first-order valence-electron chi connectivity index (χ1n) is 9.39. The average molecular weight is 363 g/mol. The van der Waals surface area contributed by atoms with Crippen molar-refractivity contribution in [1.82, 2.24) is 0 Å². The van der Waals surface area contributed by atoms with Gasteiger partial charge in [-0.2, -0.15) is 0 Å². The number of rotatable bonds is 2. The molecule has 0 bridgehead atoms. The third kappa shape index (κ3) is 3.89. The number of benzene rings is 3. The highest BCUT2D eigenvalue weighted by Crippen LogP contribution is 2.30. The van der Waals surface area contributed by atoms with Gasteiger partial charge in [-0.25, -0.2) is 0 Å². The predicted molar refractivity (Wildman–Crippen MR) is 115 cm³/mol. The highest BCUT2D eigenvalue weighted by atomic mass is 16.1. The van der Waals surface area contributed by atoms with Gasteiger partial charge in [0.25, 0.3) is 0 Å². The number of carbonyl (C=O) groups is 1. The zero-order chi connectivity index (χ0) is 19.3. The Labute approximate surface area is 166 Å². The molecule has 0 fully saturated rings. The molecule has 0 unspecified atom stereocenters. The van der Waals surface area contributed by atoms with Crippen molar-refractivity contribution in [2.75, 3.05) is 18.5 Å². The lowest BCUT2D eigenvalue weighted by atomic mass is 9.93. The molecule has 1 aliphatic heterocycles. The fraction of sp³-hybridized carbons (Fsp3) is 0.115. The standard InChI is InChI=1S/C26H21NO/c1-27-19-23(17-21-11-6-3-7-12-21)26(28)24-18-22(15-16-25(24)27)14-8-13-20-9-4-2-5-10-20/h2-7,9-12,15-18H,13,19H2,1H3/b23-17+. The molecule has 1 aliphatic rings. The summed E-state index contributed by atoms with van der Waals surface area (Å²) in [6.07, 6.45) is 2.68. The number of Topliss-reactive ketones (excluding diaryl/α,β-unsaturated/α-hetero) is 1.